The zero-order valence-corrected chi connectivity index (χ0v) is 15.6. The Labute approximate surface area is 151 Å². The molecule has 1 heterocycles. The maximum atomic E-state index is 9.42. The van der Waals surface area contributed by atoms with Crippen molar-refractivity contribution in [2.75, 3.05) is 5.43 Å². The van der Waals surface area contributed by atoms with Crippen LogP contribution in [0.3, 0.4) is 0 Å². The lowest BCUT2D eigenvalue weighted by Gasteiger charge is -2.05. The Hall–Kier alpha value is -2.66. The van der Waals surface area contributed by atoms with E-state index in [2.05, 4.69) is 47.6 Å². The van der Waals surface area contributed by atoms with Crippen LogP contribution in [0.25, 0.3) is 10.6 Å². The van der Waals surface area contributed by atoms with Gasteiger partial charge < -0.3 is 5.11 Å². The Morgan fingerprint density at radius 2 is 1.68 bits per heavy atom. The van der Waals surface area contributed by atoms with Crippen molar-refractivity contribution in [3.8, 4) is 16.3 Å². The normalized spacial score (nSPS) is 11.6. The summed E-state index contributed by atoms with van der Waals surface area (Å²) in [6.07, 6.45) is 0. The lowest BCUT2D eigenvalue weighted by atomic mass is 10.1. The van der Waals surface area contributed by atoms with Gasteiger partial charge in [0.25, 0.3) is 0 Å². The highest BCUT2D eigenvalue weighted by Crippen LogP contribution is 2.29. The number of thiazole rings is 1. The number of nitrogens with zero attached hydrogens (tertiary/aromatic N) is 2. The number of nitrogens with one attached hydrogen (secondary N) is 1. The van der Waals surface area contributed by atoms with Crippen LogP contribution in [0.4, 0.5) is 5.69 Å². The fraction of sp³-hybridized carbons (Fsp3) is 0.200. The van der Waals surface area contributed by atoms with Crippen LogP contribution in [-0.4, -0.2) is 15.8 Å². The molecule has 1 aromatic heterocycles. The van der Waals surface area contributed by atoms with Crippen molar-refractivity contribution in [1.29, 1.82) is 0 Å². The molecular formula is C20H21N3OS. The molecule has 3 aromatic rings. The SMILES string of the molecule is C/C(=N\Nc1cc(C)cc(C)c1)c1sc(-c2ccc(O)cc2)nc1C. The minimum absolute atomic E-state index is 0.257. The number of hydrazone groups is 1. The average molecular weight is 351 g/mol. The van der Waals surface area contributed by atoms with Crippen LogP contribution in [-0.2, 0) is 0 Å². The van der Waals surface area contributed by atoms with Gasteiger partial charge in [0.15, 0.2) is 0 Å². The molecule has 0 saturated heterocycles. The van der Waals surface area contributed by atoms with Gasteiger partial charge in [-0.3, -0.25) is 5.43 Å². The first-order valence-corrected chi connectivity index (χ1v) is 8.90. The van der Waals surface area contributed by atoms with Crippen LogP contribution in [0.1, 0.15) is 28.6 Å². The van der Waals surface area contributed by atoms with E-state index in [1.165, 1.54) is 11.1 Å². The zero-order valence-electron chi connectivity index (χ0n) is 14.8. The van der Waals surface area contributed by atoms with Crippen molar-refractivity contribution in [2.24, 2.45) is 5.10 Å². The van der Waals surface area contributed by atoms with Gasteiger partial charge in [-0.2, -0.15) is 5.10 Å². The van der Waals surface area contributed by atoms with Crippen molar-refractivity contribution >= 4 is 22.7 Å². The number of phenolic OH excluding ortho intramolecular Hbond substituents is 1. The summed E-state index contributed by atoms with van der Waals surface area (Å²) in [5.41, 5.74) is 9.39. The summed E-state index contributed by atoms with van der Waals surface area (Å²) in [7, 11) is 0. The van der Waals surface area contributed by atoms with Crippen LogP contribution < -0.4 is 5.43 Å². The predicted octanol–water partition coefficient (Wildman–Crippen LogP) is 5.28. The van der Waals surface area contributed by atoms with Gasteiger partial charge in [0, 0.05) is 5.56 Å². The number of phenols is 1. The van der Waals surface area contributed by atoms with Gasteiger partial charge >= 0.3 is 0 Å². The van der Waals surface area contributed by atoms with E-state index in [4.69, 9.17) is 0 Å². The molecule has 3 rings (SSSR count). The predicted molar refractivity (Wildman–Crippen MR) is 106 cm³/mol. The first kappa shape index (κ1) is 17.2. The second-order valence-corrected chi connectivity index (χ2v) is 7.16. The Balaban J connectivity index is 1.84. The van der Waals surface area contributed by atoms with Gasteiger partial charge in [-0.15, -0.1) is 11.3 Å². The maximum Gasteiger partial charge on any atom is 0.124 e. The lowest BCUT2D eigenvalue weighted by molar-refractivity contribution is 0.475. The topological polar surface area (TPSA) is 57.5 Å². The standard InChI is InChI=1S/C20H21N3OS/c1-12-9-13(2)11-17(10-12)23-22-15(4)19-14(3)21-20(25-19)16-5-7-18(24)8-6-16/h5-11,23-24H,1-4H3/b22-15+. The van der Waals surface area contributed by atoms with E-state index in [0.717, 1.165) is 32.5 Å². The molecule has 0 bridgehead atoms. The highest BCUT2D eigenvalue weighted by Gasteiger charge is 2.12. The largest absolute Gasteiger partial charge is 0.508 e. The molecule has 0 atom stereocenters. The van der Waals surface area contributed by atoms with Crippen molar-refractivity contribution in [3.05, 3.63) is 64.2 Å². The summed E-state index contributed by atoms with van der Waals surface area (Å²) in [6.45, 7) is 8.13. The molecule has 128 valence electrons. The summed E-state index contributed by atoms with van der Waals surface area (Å²) in [4.78, 5) is 5.70. The van der Waals surface area contributed by atoms with Crippen LogP contribution >= 0.6 is 11.3 Å². The summed E-state index contributed by atoms with van der Waals surface area (Å²) in [6, 6.07) is 13.4. The van der Waals surface area contributed by atoms with Crippen molar-refractivity contribution in [1.82, 2.24) is 4.98 Å². The summed E-state index contributed by atoms with van der Waals surface area (Å²) >= 11 is 1.60. The molecule has 5 heteroatoms. The number of aryl methyl sites for hydroxylation is 3. The number of anilines is 1. The summed E-state index contributed by atoms with van der Waals surface area (Å²) < 4.78 is 0. The highest BCUT2D eigenvalue weighted by molar-refractivity contribution is 7.17. The van der Waals surface area contributed by atoms with E-state index in [0.29, 0.717) is 0 Å². The van der Waals surface area contributed by atoms with Gasteiger partial charge in [-0.1, -0.05) is 6.07 Å². The third-order valence-corrected chi connectivity index (χ3v) is 5.13. The summed E-state index contributed by atoms with van der Waals surface area (Å²) in [5.74, 6) is 0.257. The molecule has 4 nitrogen and oxygen atoms in total. The van der Waals surface area contributed by atoms with Crippen molar-refractivity contribution in [2.45, 2.75) is 27.7 Å². The van der Waals surface area contributed by atoms with Gasteiger partial charge in [-0.25, -0.2) is 4.98 Å². The molecular weight excluding hydrogens is 330 g/mol. The number of aromatic hydroxyl groups is 1. The van der Waals surface area contributed by atoms with E-state index in [1.54, 1.807) is 23.5 Å². The molecule has 0 radical (unpaired) electrons. The van der Waals surface area contributed by atoms with E-state index in [-0.39, 0.29) is 5.75 Å². The first-order chi connectivity index (χ1) is 11.9. The Morgan fingerprint density at radius 1 is 1.04 bits per heavy atom. The smallest absolute Gasteiger partial charge is 0.124 e. The van der Waals surface area contributed by atoms with Gasteiger partial charge in [0.2, 0.25) is 0 Å². The zero-order chi connectivity index (χ0) is 18.0. The molecule has 0 aliphatic heterocycles. The molecule has 0 unspecified atom stereocenters. The number of benzene rings is 2. The monoisotopic (exact) mass is 351 g/mol. The Morgan fingerprint density at radius 3 is 2.32 bits per heavy atom. The highest BCUT2D eigenvalue weighted by atomic mass is 32.1. The fourth-order valence-electron chi connectivity index (χ4n) is 2.70. The minimum Gasteiger partial charge on any atom is -0.508 e. The number of aromatic nitrogens is 1. The number of hydrogen-bond acceptors (Lipinski definition) is 5. The van der Waals surface area contributed by atoms with Gasteiger partial charge in [0.05, 0.1) is 22.0 Å². The quantitative estimate of drug-likeness (QED) is 0.497. The van der Waals surface area contributed by atoms with E-state index >= 15 is 0 Å². The second-order valence-electron chi connectivity index (χ2n) is 6.17. The first-order valence-electron chi connectivity index (χ1n) is 8.08. The van der Waals surface area contributed by atoms with Crippen LogP contribution in [0.15, 0.2) is 47.6 Å². The molecule has 2 N–H and O–H groups in total. The van der Waals surface area contributed by atoms with E-state index in [1.807, 2.05) is 26.0 Å². The molecule has 0 spiro atoms. The molecule has 0 aliphatic rings. The van der Waals surface area contributed by atoms with E-state index < -0.39 is 0 Å². The maximum absolute atomic E-state index is 9.42. The van der Waals surface area contributed by atoms with Crippen LogP contribution in [0.5, 0.6) is 5.75 Å². The van der Waals surface area contributed by atoms with Gasteiger partial charge in [0.1, 0.15) is 10.8 Å². The second kappa shape index (κ2) is 7.07. The molecule has 0 amide bonds. The molecule has 25 heavy (non-hydrogen) atoms. The Bertz CT molecular complexity index is 906. The summed E-state index contributed by atoms with van der Waals surface area (Å²) in [5, 5.41) is 14.9. The number of hydrogen-bond donors (Lipinski definition) is 2. The third-order valence-electron chi connectivity index (χ3n) is 3.81. The molecule has 0 fully saturated rings. The van der Waals surface area contributed by atoms with Crippen molar-refractivity contribution in [3.63, 3.8) is 0 Å². The lowest BCUT2D eigenvalue weighted by Crippen LogP contribution is -1.99. The van der Waals surface area contributed by atoms with E-state index in [9.17, 15) is 5.11 Å². The number of rotatable bonds is 4. The molecule has 0 saturated carbocycles. The Kier molecular flexibility index (Phi) is 4.86. The molecule has 2 aromatic carbocycles. The van der Waals surface area contributed by atoms with Crippen LogP contribution in [0, 0.1) is 20.8 Å². The van der Waals surface area contributed by atoms with Crippen molar-refractivity contribution < 1.29 is 5.11 Å². The van der Waals surface area contributed by atoms with Gasteiger partial charge in [-0.05, 0) is 75.2 Å². The molecule has 0 aliphatic carbocycles. The third kappa shape index (κ3) is 4.06. The average Bonchev–Trinajstić information content (AvgIpc) is 2.94. The fourth-order valence-corrected chi connectivity index (χ4v) is 3.71. The minimum atomic E-state index is 0.257. The van der Waals surface area contributed by atoms with Crippen LogP contribution in [0.2, 0.25) is 0 Å².